The number of ketones is 2. The first kappa shape index (κ1) is 57.9. The van der Waals surface area contributed by atoms with Gasteiger partial charge in [0.25, 0.3) is 5.69 Å². The van der Waals surface area contributed by atoms with Crippen LogP contribution in [0.15, 0.2) is 71.9 Å². The molecular weight excluding hydrogens is 976 g/mol. The molecule has 0 aliphatic heterocycles. The number of rotatable bonds is 27. The zero-order valence-corrected chi connectivity index (χ0v) is 46.2. The van der Waals surface area contributed by atoms with Crippen LogP contribution in [0.3, 0.4) is 0 Å². The van der Waals surface area contributed by atoms with E-state index in [2.05, 4.69) is 69.5 Å². The highest BCUT2D eigenvalue weighted by Crippen LogP contribution is 2.45. The lowest BCUT2D eigenvalue weighted by Gasteiger charge is -2.37. The van der Waals surface area contributed by atoms with E-state index in [0.29, 0.717) is 84.6 Å². The SMILES string of the molecule is C=C1CC(C(=O)c2cc(OC)c(OCCCCCOc3cc(NC(=O)OC[C@H](C)SSc4ccc([N+](=O)[O-])cn4)c(C(=O)C4CC(=C)C[C@H]4CO[Si](C)(C)C(C)(C)C)cc3OC)cc2NB(C)O)[C@H](CC)C1. The number of pyridine rings is 1. The first-order valence-corrected chi connectivity index (χ1v) is 29.7. The van der Waals surface area contributed by atoms with Gasteiger partial charge >= 0.3 is 13.1 Å². The monoisotopic (exact) mass is 1050 g/mol. The number of carbonyl (C=O) groups excluding carboxylic acids is 3. The molecule has 2 aromatic carbocycles. The standard InChI is InChI=1S/C52H73BN4O12S2Si/c1-13-35-21-32(2)23-38(35)49(58)41-26-45(65-10)47(28-43(41)56-53(8)61)67-20-16-14-15-19-66-46-27-42(55-51(60)68-30-34(4)70-71-48-18-17-37(29-54-48)57(62)63)40(25-44(46)64-9)50(59)39-24-33(3)22-36(39)31-69-72(11,12)52(5,6)7/h17-18,25-29,34-36,38-39,56,61H,2-3,13-16,19-24,30-31H2,1,4-12H3,(H,55,60)/t34-,35+,36-,38?,39?/m0/s1. The minimum absolute atomic E-state index is 0.0101. The number of amides is 1. The molecule has 20 heteroatoms. The number of carbonyl (C=O) groups is 3. The quantitative estimate of drug-likeness (QED) is 0.0123. The minimum Gasteiger partial charge on any atom is -0.493 e. The number of Topliss-reactive ketones (excluding diaryl/α,β-unsaturated/α-hetero) is 2. The molecule has 72 heavy (non-hydrogen) atoms. The van der Waals surface area contributed by atoms with Crippen molar-refractivity contribution >= 4 is 71.7 Å². The van der Waals surface area contributed by atoms with Crippen LogP contribution in [0.25, 0.3) is 0 Å². The maximum Gasteiger partial charge on any atom is 0.411 e. The number of nitro groups is 1. The number of unbranched alkanes of at least 4 members (excludes halogenated alkanes) is 2. The van der Waals surface area contributed by atoms with Gasteiger partial charge in [0.15, 0.2) is 42.9 Å². The van der Waals surface area contributed by atoms with E-state index in [1.165, 1.54) is 48.1 Å². The lowest BCUT2D eigenvalue weighted by molar-refractivity contribution is -0.385. The number of aromatic nitrogens is 1. The summed E-state index contributed by atoms with van der Waals surface area (Å²) in [7, 11) is 2.69. The molecule has 5 atom stereocenters. The summed E-state index contributed by atoms with van der Waals surface area (Å²) in [5.41, 5.74) is 3.32. The minimum atomic E-state index is -2.12. The van der Waals surface area contributed by atoms with Gasteiger partial charge in [0.1, 0.15) is 17.8 Å². The molecule has 392 valence electrons. The predicted molar refractivity (Wildman–Crippen MR) is 290 cm³/mol. The van der Waals surface area contributed by atoms with Gasteiger partial charge in [-0.3, -0.25) is 25.0 Å². The summed E-state index contributed by atoms with van der Waals surface area (Å²) < 4.78 is 36.2. The summed E-state index contributed by atoms with van der Waals surface area (Å²) in [6.07, 6.45) is 5.91. The van der Waals surface area contributed by atoms with Crippen molar-refractivity contribution in [2.75, 3.05) is 51.2 Å². The van der Waals surface area contributed by atoms with Gasteiger partial charge in [0.2, 0.25) is 0 Å². The molecule has 1 amide bonds. The Labute approximate surface area is 434 Å². The molecule has 16 nitrogen and oxygen atoms in total. The third kappa shape index (κ3) is 15.7. The van der Waals surface area contributed by atoms with Gasteiger partial charge in [-0.05, 0) is 118 Å². The van der Waals surface area contributed by atoms with Crippen molar-refractivity contribution in [3.05, 3.63) is 88.1 Å². The highest BCUT2D eigenvalue weighted by molar-refractivity contribution is 8.76. The number of allylic oxidation sites excluding steroid dienone is 2. The normalized spacial score (nSPS) is 18.3. The van der Waals surface area contributed by atoms with Gasteiger partial charge in [-0.1, -0.05) is 69.2 Å². The number of methoxy groups -OCH3 is 2. The Bertz CT molecular complexity index is 2420. The fourth-order valence-corrected chi connectivity index (χ4v) is 11.5. The van der Waals surface area contributed by atoms with Crippen molar-refractivity contribution in [2.45, 2.75) is 121 Å². The van der Waals surface area contributed by atoms with Crippen LogP contribution in [0.1, 0.15) is 107 Å². The van der Waals surface area contributed by atoms with Gasteiger partial charge < -0.3 is 38.4 Å². The molecule has 2 aliphatic rings. The molecule has 2 aliphatic carbocycles. The number of nitrogens with one attached hydrogen (secondary N) is 2. The van der Waals surface area contributed by atoms with E-state index >= 15 is 0 Å². The fourth-order valence-electron chi connectivity index (χ4n) is 8.59. The maximum atomic E-state index is 14.7. The third-order valence-corrected chi connectivity index (χ3v) is 20.9. The molecule has 0 radical (unpaired) electrons. The smallest absolute Gasteiger partial charge is 0.411 e. The van der Waals surface area contributed by atoms with E-state index in [1.54, 1.807) is 37.2 Å². The Kier molecular flexibility index (Phi) is 21.1. The Morgan fingerprint density at radius 1 is 0.889 bits per heavy atom. The average molecular weight is 1050 g/mol. The highest BCUT2D eigenvalue weighted by atomic mass is 33.1. The van der Waals surface area contributed by atoms with Crippen LogP contribution in [0.5, 0.6) is 23.0 Å². The lowest BCUT2D eigenvalue weighted by Crippen LogP contribution is -2.42. The Balaban J connectivity index is 1.26. The van der Waals surface area contributed by atoms with Crippen LogP contribution in [0.4, 0.5) is 21.9 Å². The molecule has 0 saturated heterocycles. The van der Waals surface area contributed by atoms with Crippen molar-refractivity contribution in [2.24, 2.45) is 23.7 Å². The van der Waals surface area contributed by atoms with E-state index in [0.717, 1.165) is 30.4 Å². The van der Waals surface area contributed by atoms with Crippen LogP contribution in [-0.4, -0.2) is 93.9 Å². The van der Waals surface area contributed by atoms with Crippen LogP contribution in [0, 0.1) is 33.8 Å². The summed E-state index contributed by atoms with van der Waals surface area (Å²) in [4.78, 5) is 56.7. The van der Waals surface area contributed by atoms with Crippen molar-refractivity contribution in [1.82, 2.24) is 4.98 Å². The topological polar surface area (TPSA) is 207 Å². The maximum absolute atomic E-state index is 14.7. The molecular formula is C52H73BN4O12S2Si. The van der Waals surface area contributed by atoms with Crippen molar-refractivity contribution in [3.63, 3.8) is 0 Å². The number of nitrogens with zero attached hydrogens (tertiary/aromatic N) is 2. The van der Waals surface area contributed by atoms with Crippen molar-refractivity contribution < 1.29 is 52.4 Å². The van der Waals surface area contributed by atoms with E-state index in [4.69, 9.17) is 28.1 Å². The molecule has 2 saturated carbocycles. The first-order chi connectivity index (χ1) is 34.0. The largest absolute Gasteiger partial charge is 0.493 e. The second-order valence-corrected chi connectivity index (χ2v) is 27.7. The first-order valence-electron chi connectivity index (χ1n) is 24.6. The number of anilines is 2. The Morgan fingerprint density at radius 2 is 1.44 bits per heavy atom. The molecule has 3 N–H and O–H groups in total. The fraction of sp³-hybridized carbons (Fsp3) is 0.538. The van der Waals surface area contributed by atoms with E-state index in [-0.39, 0.29) is 69.8 Å². The highest BCUT2D eigenvalue weighted by Gasteiger charge is 2.42. The summed E-state index contributed by atoms with van der Waals surface area (Å²) in [5, 5.41) is 27.5. The second-order valence-electron chi connectivity index (χ2n) is 20.3. The molecule has 5 rings (SSSR count). The predicted octanol–water partition coefficient (Wildman–Crippen LogP) is 12.5. The summed E-state index contributed by atoms with van der Waals surface area (Å²) in [6, 6.07) is 9.55. The van der Waals surface area contributed by atoms with Crippen LogP contribution in [0.2, 0.25) is 25.0 Å². The molecule has 0 spiro atoms. The molecule has 2 unspecified atom stereocenters. The average Bonchev–Trinajstić information content (AvgIpc) is 3.91. The zero-order chi connectivity index (χ0) is 52.9. The molecule has 0 bridgehead atoms. The van der Waals surface area contributed by atoms with Crippen molar-refractivity contribution in [1.29, 1.82) is 0 Å². The molecule has 1 heterocycles. The Hall–Kier alpha value is -5.02. The van der Waals surface area contributed by atoms with Crippen molar-refractivity contribution in [3.8, 4) is 23.0 Å². The van der Waals surface area contributed by atoms with Crippen LogP contribution >= 0.6 is 21.6 Å². The molecule has 1 aromatic heterocycles. The lowest BCUT2D eigenvalue weighted by atomic mass is 9.84. The van der Waals surface area contributed by atoms with E-state index in [1.807, 2.05) is 6.92 Å². The Morgan fingerprint density at radius 3 is 1.96 bits per heavy atom. The van der Waals surface area contributed by atoms with Crippen LogP contribution in [-0.2, 0) is 9.16 Å². The number of hydrogen-bond acceptors (Lipinski definition) is 16. The summed E-state index contributed by atoms with van der Waals surface area (Å²) in [5.74, 6) is 0.811. The van der Waals surface area contributed by atoms with Gasteiger partial charge in [-0.2, -0.15) is 0 Å². The van der Waals surface area contributed by atoms with Gasteiger partial charge in [-0.15, -0.1) is 0 Å². The van der Waals surface area contributed by atoms with Crippen LogP contribution < -0.4 is 29.5 Å². The number of benzene rings is 2. The summed E-state index contributed by atoms with van der Waals surface area (Å²) in [6.45, 7) is 25.9. The number of hydrogen-bond donors (Lipinski definition) is 3. The summed E-state index contributed by atoms with van der Waals surface area (Å²) >= 11 is 0. The van der Waals surface area contributed by atoms with E-state index in [9.17, 15) is 29.5 Å². The second kappa shape index (κ2) is 26.3. The van der Waals surface area contributed by atoms with Gasteiger partial charge in [-0.25, -0.2) is 9.78 Å². The van der Waals surface area contributed by atoms with E-state index < -0.39 is 32.3 Å². The van der Waals surface area contributed by atoms with Gasteiger partial charge in [0, 0.05) is 58.7 Å². The number of ether oxygens (including phenoxy) is 5. The third-order valence-electron chi connectivity index (χ3n) is 13.6. The zero-order valence-electron chi connectivity index (χ0n) is 43.6. The van der Waals surface area contributed by atoms with Gasteiger partial charge in [0.05, 0.1) is 38.0 Å². The molecule has 2 fully saturated rings. The molecule has 3 aromatic rings.